The van der Waals surface area contributed by atoms with E-state index in [0.717, 1.165) is 5.82 Å². The average Bonchev–Trinajstić information content (AvgIpc) is 2.94. The number of nitrogens with zero attached hydrogens (tertiary/aromatic N) is 5. The second-order valence-electron chi connectivity index (χ2n) is 4.80. The predicted molar refractivity (Wildman–Crippen MR) is 72.2 cm³/mol. The van der Waals surface area contributed by atoms with E-state index < -0.39 is 10.0 Å². The zero-order valence-electron chi connectivity index (χ0n) is 11.3. The van der Waals surface area contributed by atoms with Gasteiger partial charge in [0.25, 0.3) is 0 Å². The van der Waals surface area contributed by atoms with Gasteiger partial charge in [0.05, 0.1) is 12.2 Å². The van der Waals surface area contributed by atoms with Gasteiger partial charge >= 0.3 is 0 Å². The fourth-order valence-corrected chi connectivity index (χ4v) is 4.09. The zero-order valence-corrected chi connectivity index (χ0v) is 12.1. The Balaban J connectivity index is 2.01. The molecule has 3 rings (SSSR count). The smallest absolute Gasteiger partial charge is 0.249 e. The fraction of sp³-hybridized carbons (Fsp3) is 0.455. The van der Waals surface area contributed by atoms with Crippen molar-refractivity contribution in [1.82, 2.24) is 23.6 Å². The topological polar surface area (TPSA) is 99.0 Å². The van der Waals surface area contributed by atoms with E-state index in [1.807, 2.05) is 10.8 Å². The molecule has 0 unspecified atom stereocenters. The number of anilines is 1. The largest absolute Gasteiger partial charge is 0.381 e. The minimum atomic E-state index is -3.65. The Morgan fingerprint density at radius 2 is 2.10 bits per heavy atom. The van der Waals surface area contributed by atoms with Crippen molar-refractivity contribution < 1.29 is 8.42 Å². The molecule has 9 heteroatoms. The molecule has 8 nitrogen and oxygen atoms in total. The summed E-state index contributed by atoms with van der Waals surface area (Å²) in [4.78, 5) is 4.27. The molecular formula is C11H16N6O2S. The first-order chi connectivity index (χ1) is 9.41. The van der Waals surface area contributed by atoms with E-state index in [9.17, 15) is 8.42 Å². The molecule has 108 valence electrons. The van der Waals surface area contributed by atoms with Crippen LogP contribution in [0.4, 0.5) is 5.82 Å². The van der Waals surface area contributed by atoms with E-state index in [1.54, 1.807) is 20.2 Å². The summed E-state index contributed by atoms with van der Waals surface area (Å²) in [6.45, 7) is 2.94. The summed E-state index contributed by atoms with van der Waals surface area (Å²) >= 11 is 0. The summed E-state index contributed by atoms with van der Waals surface area (Å²) in [7, 11) is -1.98. The van der Waals surface area contributed by atoms with Gasteiger partial charge in [0.1, 0.15) is 10.7 Å². The van der Waals surface area contributed by atoms with Crippen LogP contribution in [0, 0.1) is 6.92 Å². The molecule has 0 atom stereocenters. The number of hydrogen-bond acceptors (Lipinski definition) is 5. The predicted octanol–water partition coefficient (Wildman–Crippen LogP) is -0.288. The molecular weight excluding hydrogens is 280 g/mol. The molecule has 0 spiro atoms. The van der Waals surface area contributed by atoms with E-state index >= 15 is 0 Å². The Kier molecular flexibility index (Phi) is 2.83. The third kappa shape index (κ3) is 1.81. The molecule has 0 aromatic carbocycles. The third-order valence-corrected chi connectivity index (χ3v) is 5.62. The first-order valence-electron chi connectivity index (χ1n) is 6.20. The second kappa shape index (κ2) is 4.32. The van der Waals surface area contributed by atoms with Crippen molar-refractivity contribution in [3.8, 4) is 0 Å². The molecule has 2 aromatic rings. The lowest BCUT2D eigenvalue weighted by atomic mass is 10.4. The van der Waals surface area contributed by atoms with Gasteiger partial charge in [-0.25, -0.2) is 13.4 Å². The van der Waals surface area contributed by atoms with Gasteiger partial charge in [0.2, 0.25) is 10.0 Å². The van der Waals surface area contributed by atoms with Crippen LogP contribution in [0.2, 0.25) is 0 Å². The Morgan fingerprint density at radius 1 is 1.35 bits per heavy atom. The van der Waals surface area contributed by atoms with Gasteiger partial charge in [0, 0.05) is 32.5 Å². The maximum Gasteiger partial charge on any atom is 0.249 e. The molecule has 0 saturated carbocycles. The molecule has 20 heavy (non-hydrogen) atoms. The number of nitrogen functional groups attached to an aromatic ring is 1. The SMILES string of the molecule is Cc1c(S(=O)(=O)N2CCn3ccnc3C2)c(N)nn1C. The first kappa shape index (κ1) is 13.1. The highest BCUT2D eigenvalue weighted by Gasteiger charge is 2.33. The van der Waals surface area contributed by atoms with Crippen molar-refractivity contribution in [2.75, 3.05) is 12.3 Å². The molecule has 3 heterocycles. The summed E-state index contributed by atoms with van der Waals surface area (Å²) in [6.07, 6.45) is 3.53. The van der Waals surface area contributed by atoms with Crippen LogP contribution in [-0.4, -0.2) is 38.6 Å². The summed E-state index contributed by atoms with van der Waals surface area (Å²) in [5.41, 5.74) is 6.29. The standard InChI is InChI=1S/C11H16N6O2S/c1-8-10(11(12)14-15(8)2)20(18,19)17-6-5-16-4-3-13-9(16)7-17/h3-4H,5-7H2,1-2H3,(H2,12,14). The maximum absolute atomic E-state index is 12.7. The number of hydrogen-bond donors (Lipinski definition) is 1. The Labute approximate surface area is 116 Å². The molecule has 0 fully saturated rings. The maximum atomic E-state index is 12.7. The van der Waals surface area contributed by atoms with Crippen LogP contribution in [0.5, 0.6) is 0 Å². The van der Waals surface area contributed by atoms with Gasteiger partial charge in [-0.1, -0.05) is 0 Å². The Bertz CT molecular complexity index is 760. The molecule has 0 bridgehead atoms. The van der Waals surface area contributed by atoms with Gasteiger partial charge in [0.15, 0.2) is 5.82 Å². The summed E-state index contributed by atoms with van der Waals surface area (Å²) in [6, 6.07) is 0. The number of aryl methyl sites for hydroxylation is 1. The minimum absolute atomic E-state index is 0.0407. The number of imidazole rings is 1. The van der Waals surface area contributed by atoms with Crippen LogP contribution in [0.25, 0.3) is 0 Å². The van der Waals surface area contributed by atoms with Gasteiger partial charge in [-0.05, 0) is 6.92 Å². The summed E-state index contributed by atoms with van der Waals surface area (Å²) in [5, 5.41) is 3.97. The lowest BCUT2D eigenvalue weighted by molar-refractivity contribution is 0.335. The van der Waals surface area contributed by atoms with Crippen molar-refractivity contribution in [3.63, 3.8) is 0 Å². The lowest BCUT2D eigenvalue weighted by Crippen LogP contribution is -2.38. The fourth-order valence-electron chi connectivity index (χ4n) is 2.42. The van der Waals surface area contributed by atoms with E-state index in [0.29, 0.717) is 18.8 Å². The summed E-state index contributed by atoms with van der Waals surface area (Å²) in [5.74, 6) is 0.777. The molecule has 1 aliphatic rings. The summed E-state index contributed by atoms with van der Waals surface area (Å²) < 4.78 is 30.3. The van der Waals surface area contributed by atoms with Crippen LogP contribution in [0.1, 0.15) is 11.5 Å². The highest BCUT2D eigenvalue weighted by atomic mass is 32.2. The van der Waals surface area contributed by atoms with E-state index in [1.165, 1.54) is 8.99 Å². The molecule has 1 aliphatic heterocycles. The number of rotatable bonds is 2. The second-order valence-corrected chi connectivity index (χ2v) is 6.67. The quantitative estimate of drug-likeness (QED) is 0.821. The highest BCUT2D eigenvalue weighted by Crippen LogP contribution is 2.27. The van der Waals surface area contributed by atoms with Gasteiger partial charge < -0.3 is 10.3 Å². The van der Waals surface area contributed by atoms with Crippen molar-refractivity contribution in [2.45, 2.75) is 24.9 Å². The van der Waals surface area contributed by atoms with Crippen molar-refractivity contribution >= 4 is 15.8 Å². The number of sulfonamides is 1. The lowest BCUT2D eigenvalue weighted by Gasteiger charge is -2.26. The molecule has 0 radical (unpaired) electrons. The van der Waals surface area contributed by atoms with E-state index in [2.05, 4.69) is 10.1 Å². The van der Waals surface area contributed by atoms with Crippen LogP contribution in [-0.2, 0) is 30.2 Å². The Hall–Kier alpha value is -1.87. The first-order valence-corrected chi connectivity index (χ1v) is 7.64. The number of nitrogens with two attached hydrogens (primary N) is 1. The van der Waals surface area contributed by atoms with Crippen LogP contribution in [0.3, 0.4) is 0 Å². The Morgan fingerprint density at radius 3 is 2.75 bits per heavy atom. The molecule has 2 N–H and O–H groups in total. The average molecular weight is 296 g/mol. The van der Waals surface area contributed by atoms with Crippen LogP contribution >= 0.6 is 0 Å². The molecule has 2 aromatic heterocycles. The van der Waals surface area contributed by atoms with Crippen LogP contribution < -0.4 is 5.73 Å². The number of fused-ring (bicyclic) bond motifs is 1. The minimum Gasteiger partial charge on any atom is -0.381 e. The van der Waals surface area contributed by atoms with Gasteiger partial charge in [-0.3, -0.25) is 4.68 Å². The van der Waals surface area contributed by atoms with Crippen molar-refractivity contribution in [3.05, 3.63) is 23.9 Å². The monoisotopic (exact) mass is 296 g/mol. The van der Waals surface area contributed by atoms with Gasteiger partial charge in [-0.15, -0.1) is 0 Å². The van der Waals surface area contributed by atoms with Crippen LogP contribution in [0.15, 0.2) is 17.3 Å². The number of aromatic nitrogens is 4. The highest BCUT2D eigenvalue weighted by molar-refractivity contribution is 7.89. The van der Waals surface area contributed by atoms with E-state index in [4.69, 9.17) is 5.73 Å². The van der Waals surface area contributed by atoms with E-state index in [-0.39, 0.29) is 17.3 Å². The molecule has 0 aliphatic carbocycles. The third-order valence-electron chi connectivity index (χ3n) is 3.61. The van der Waals surface area contributed by atoms with Crippen molar-refractivity contribution in [2.24, 2.45) is 7.05 Å². The zero-order chi connectivity index (χ0) is 14.5. The van der Waals surface area contributed by atoms with Gasteiger partial charge in [-0.2, -0.15) is 9.40 Å². The molecule has 0 saturated heterocycles. The van der Waals surface area contributed by atoms with Crippen molar-refractivity contribution in [1.29, 1.82) is 0 Å². The molecule has 0 amide bonds. The normalized spacial score (nSPS) is 16.3.